The van der Waals surface area contributed by atoms with Crippen LogP contribution in [0.25, 0.3) is 0 Å². The second-order valence-corrected chi connectivity index (χ2v) is 8.91. The highest BCUT2D eigenvalue weighted by Gasteiger charge is 2.79. The fourth-order valence-electron chi connectivity index (χ4n) is 6.73. The van der Waals surface area contributed by atoms with E-state index in [1.165, 1.54) is 12.2 Å². The van der Waals surface area contributed by atoms with Gasteiger partial charge in [-0.1, -0.05) is 19.1 Å². The number of ketones is 2. The molecule has 1 N–H and O–H groups in total. The first-order valence-corrected chi connectivity index (χ1v) is 9.40. The lowest BCUT2D eigenvalue weighted by molar-refractivity contribution is -0.120. The Morgan fingerprint density at radius 3 is 2.88 bits per heavy atom. The van der Waals surface area contributed by atoms with Crippen LogP contribution < -0.4 is 0 Å². The maximum Gasteiger partial charge on any atom is 0.184 e. The molecule has 0 amide bonds. The minimum Gasteiger partial charge on any atom is -0.388 e. The number of carbonyl (C=O) groups is 2. The lowest BCUT2D eigenvalue weighted by atomic mass is 9.47. The summed E-state index contributed by atoms with van der Waals surface area (Å²) in [5, 5.41) is 9.34. The van der Waals surface area contributed by atoms with E-state index in [0.29, 0.717) is 30.4 Å². The quantitative estimate of drug-likeness (QED) is 0.770. The zero-order valence-electron chi connectivity index (χ0n) is 15.0. The zero-order chi connectivity index (χ0) is 18.5. The van der Waals surface area contributed by atoms with Gasteiger partial charge in [0.15, 0.2) is 11.6 Å². The van der Waals surface area contributed by atoms with Crippen LogP contribution in [0.3, 0.4) is 0 Å². The van der Waals surface area contributed by atoms with Gasteiger partial charge in [-0.25, -0.2) is 4.39 Å². The third-order valence-corrected chi connectivity index (χ3v) is 7.95. The summed E-state index contributed by atoms with van der Waals surface area (Å²) in [7, 11) is 0. The van der Waals surface area contributed by atoms with Crippen molar-refractivity contribution >= 4 is 11.6 Å². The molecule has 2 saturated carbocycles. The first-order valence-electron chi connectivity index (χ1n) is 9.40. The van der Waals surface area contributed by atoms with Crippen LogP contribution >= 0.6 is 0 Å². The maximum atomic E-state index is 15.2. The molecule has 138 valence electrons. The van der Waals surface area contributed by atoms with Gasteiger partial charge in [0.05, 0.1) is 6.10 Å². The Labute approximate surface area is 151 Å². The van der Waals surface area contributed by atoms with E-state index in [1.54, 1.807) is 0 Å². The van der Waals surface area contributed by atoms with Gasteiger partial charge in [-0.3, -0.25) is 9.59 Å². The number of hydrogen-bond donors (Lipinski definition) is 1. The molecular formula is C21H23FO4. The number of rotatable bonds is 2. The summed E-state index contributed by atoms with van der Waals surface area (Å²) in [6.45, 7) is 3.57. The van der Waals surface area contributed by atoms with Crippen LogP contribution in [0.1, 0.15) is 33.1 Å². The topological polar surface area (TPSA) is 66.9 Å². The van der Waals surface area contributed by atoms with Gasteiger partial charge in [-0.15, -0.1) is 0 Å². The number of allylic oxidation sites excluding steroid dienone is 3. The molecule has 0 bridgehead atoms. The first-order chi connectivity index (χ1) is 12.3. The molecule has 1 spiro atoms. The van der Waals surface area contributed by atoms with Crippen LogP contribution in [0.4, 0.5) is 4.39 Å². The number of ether oxygens (including phenoxy) is 1. The van der Waals surface area contributed by atoms with Crippen LogP contribution in [0.5, 0.6) is 0 Å². The van der Waals surface area contributed by atoms with Crippen molar-refractivity contribution in [1.82, 2.24) is 0 Å². The van der Waals surface area contributed by atoms with E-state index >= 15 is 4.39 Å². The molecule has 0 unspecified atom stereocenters. The van der Waals surface area contributed by atoms with E-state index in [4.69, 9.17) is 4.74 Å². The fraction of sp³-hybridized carbons (Fsp3) is 0.619. The zero-order valence-corrected chi connectivity index (χ0v) is 15.0. The van der Waals surface area contributed by atoms with Gasteiger partial charge in [-0.2, -0.15) is 0 Å². The highest BCUT2D eigenvalue weighted by Crippen LogP contribution is 2.74. The van der Waals surface area contributed by atoms with Gasteiger partial charge in [0, 0.05) is 10.8 Å². The maximum absolute atomic E-state index is 15.2. The third kappa shape index (κ3) is 1.67. The van der Waals surface area contributed by atoms with Gasteiger partial charge >= 0.3 is 0 Å². The van der Waals surface area contributed by atoms with Crippen molar-refractivity contribution in [2.75, 3.05) is 6.61 Å². The molecule has 7 atom stereocenters. The molecule has 26 heavy (non-hydrogen) atoms. The molecule has 4 aliphatic carbocycles. The lowest BCUT2D eigenvalue weighted by Crippen LogP contribution is -2.58. The minimum atomic E-state index is -1.17. The third-order valence-electron chi connectivity index (χ3n) is 7.95. The summed E-state index contributed by atoms with van der Waals surface area (Å²) in [5.41, 5.74) is -0.233. The summed E-state index contributed by atoms with van der Waals surface area (Å²) >= 11 is 0. The average Bonchev–Trinajstić information content (AvgIpc) is 3.22. The summed E-state index contributed by atoms with van der Waals surface area (Å²) < 4.78 is 21.5. The van der Waals surface area contributed by atoms with Gasteiger partial charge < -0.3 is 9.84 Å². The Hall–Kier alpha value is -1.59. The molecule has 1 aliphatic heterocycles. The van der Waals surface area contributed by atoms with Crippen molar-refractivity contribution in [3.8, 4) is 0 Å². The molecule has 5 rings (SSSR count). The van der Waals surface area contributed by atoms with E-state index in [1.807, 2.05) is 19.1 Å². The summed E-state index contributed by atoms with van der Waals surface area (Å²) in [6, 6.07) is 0. The highest BCUT2D eigenvalue weighted by molar-refractivity contribution is 6.01. The van der Waals surface area contributed by atoms with Crippen LogP contribution in [-0.4, -0.2) is 41.2 Å². The van der Waals surface area contributed by atoms with Crippen molar-refractivity contribution in [3.05, 3.63) is 35.5 Å². The molecule has 0 radical (unpaired) electrons. The smallest absolute Gasteiger partial charge is 0.184 e. The predicted molar refractivity (Wildman–Crippen MR) is 92.0 cm³/mol. The molecule has 5 aliphatic rings. The van der Waals surface area contributed by atoms with Crippen molar-refractivity contribution in [2.45, 2.75) is 51.0 Å². The van der Waals surface area contributed by atoms with Gasteiger partial charge in [0.2, 0.25) is 0 Å². The number of hydrogen-bond acceptors (Lipinski definition) is 4. The number of aliphatic hydroxyl groups excluding tert-OH is 1. The highest BCUT2D eigenvalue weighted by atomic mass is 19.1. The molecule has 0 aromatic rings. The van der Waals surface area contributed by atoms with E-state index in [-0.39, 0.29) is 34.9 Å². The van der Waals surface area contributed by atoms with E-state index < -0.39 is 23.8 Å². The molecule has 5 heteroatoms. The largest absolute Gasteiger partial charge is 0.388 e. The van der Waals surface area contributed by atoms with Crippen molar-refractivity contribution in [2.24, 2.45) is 22.7 Å². The molecule has 1 heterocycles. The predicted octanol–water partition coefficient (Wildman–Crippen LogP) is 2.47. The van der Waals surface area contributed by atoms with Crippen LogP contribution in [0.2, 0.25) is 0 Å². The number of fused-ring (bicyclic) bond motifs is 3. The first kappa shape index (κ1) is 16.6. The number of alkyl halides is 1. The van der Waals surface area contributed by atoms with Crippen LogP contribution in [0, 0.1) is 22.7 Å². The number of epoxide rings is 1. The Morgan fingerprint density at radius 1 is 1.38 bits per heavy atom. The van der Waals surface area contributed by atoms with E-state index in [0.717, 1.165) is 0 Å². The minimum absolute atomic E-state index is 0.0125. The number of Topliss-reactive ketones (excluding diaryl/α,β-unsaturated/α-hetero) is 1. The normalized spacial score (nSPS) is 50.8. The van der Waals surface area contributed by atoms with Crippen molar-refractivity contribution < 1.29 is 23.8 Å². The summed E-state index contributed by atoms with van der Waals surface area (Å²) in [5.74, 6) is -0.284. The Balaban J connectivity index is 1.59. The number of halogens is 1. The molecule has 0 aromatic heterocycles. The van der Waals surface area contributed by atoms with Crippen molar-refractivity contribution in [3.63, 3.8) is 0 Å². The van der Waals surface area contributed by atoms with E-state index in [9.17, 15) is 14.7 Å². The second kappa shape index (κ2) is 4.82. The average molecular weight is 358 g/mol. The van der Waals surface area contributed by atoms with Crippen molar-refractivity contribution in [1.29, 1.82) is 0 Å². The van der Waals surface area contributed by atoms with Gasteiger partial charge in [-0.05, 0) is 61.3 Å². The monoisotopic (exact) mass is 358 g/mol. The molecular weight excluding hydrogens is 335 g/mol. The lowest BCUT2D eigenvalue weighted by Gasteiger charge is -2.54. The molecule has 0 aromatic carbocycles. The summed E-state index contributed by atoms with van der Waals surface area (Å²) in [6.07, 6.45) is 7.29. The molecule has 3 fully saturated rings. The van der Waals surface area contributed by atoms with E-state index in [2.05, 4.69) is 6.92 Å². The Bertz CT molecular complexity index is 826. The number of carbonyl (C=O) groups excluding carboxylic acids is 2. The summed E-state index contributed by atoms with van der Waals surface area (Å²) in [4.78, 5) is 24.1. The molecule has 4 nitrogen and oxygen atoms in total. The van der Waals surface area contributed by atoms with Gasteiger partial charge in [0.25, 0.3) is 0 Å². The second-order valence-electron chi connectivity index (χ2n) is 8.91. The Kier molecular flexibility index (Phi) is 3.07. The molecule has 1 saturated heterocycles. The SMILES string of the molecule is C[C@]12C=CC(=O)C=C1[C@@H](F)C[C@H]1[C@@H]3CC=C(C(=O)CO)[C@@]3(C)C[C@@H]3O[C@@]312. The number of aliphatic hydroxyl groups is 1. The Morgan fingerprint density at radius 2 is 2.15 bits per heavy atom. The standard InChI is InChI=1S/C21H23FO4/c1-19-9-18-21(26-18)14(12(19)3-4-13(19)17(25)10-23)8-16(22)15-7-11(24)5-6-20(15,21)2/h4-7,12,14,16,18,23H,3,8-10H2,1-2H3/t12-,14-,16-,18-,19-,20-,21+/m0/s1. The van der Waals surface area contributed by atoms with Crippen LogP contribution in [-0.2, 0) is 14.3 Å². The van der Waals surface area contributed by atoms with Gasteiger partial charge in [0.1, 0.15) is 18.4 Å². The van der Waals surface area contributed by atoms with Crippen LogP contribution in [0.15, 0.2) is 35.5 Å². The fourth-order valence-corrected chi connectivity index (χ4v) is 6.73.